The second-order valence-corrected chi connectivity index (χ2v) is 6.53. The van der Waals surface area contributed by atoms with Gasteiger partial charge in [0.15, 0.2) is 4.77 Å². The van der Waals surface area contributed by atoms with Crippen LogP contribution in [0.1, 0.15) is 12.8 Å². The van der Waals surface area contributed by atoms with Crippen LogP contribution in [0.5, 0.6) is 0 Å². The highest BCUT2D eigenvalue weighted by Crippen LogP contribution is 2.15. The third kappa shape index (κ3) is 5.75. The first-order valence-corrected chi connectivity index (χ1v) is 9.33. The average molecular weight is 425 g/mol. The lowest BCUT2D eigenvalue weighted by Gasteiger charge is -2.08. The van der Waals surface area contributed by atoms with Crippen LogP contribution >= 0.6 is 12.2 Å². The summed E-state index contributed by atoms with van der Waals surface area (Å²) in [5, 5.41) is 12.0. The van der Waals surface area contributed by atoms with E-state index in [1.807, 2.05) is 0 Å². The summed E-state index contributed by atoms with van der Waals surface area (Å²) in [6, 6.07) is 13.8. The summed E-state index contributed by atoms with van der Waals surface area (Å²) in [5.41, 5.74) is 7.66. The lowest BCUT2D eigenvalue weighted by molar-refractivity contribution is -0.121. The molecular formula is C19H19N7O3S. The smallest absolute Gasteiger partial charge is 0.225 e. The number of rotatable bonds is 9. The molecule has 0 aliphatic rings. The Bertz CT molecular complexity index is 1070. The standard InChI is InChI=1S/C19H19N7O3S/c27-12-21-24-15-3-1-13(2-4-15)22-17(28)9-10-18(29)23-14-5-7-16(8-6-14)26-11-20-25-19(26)30/h1-8,11-12,24H,9-10H2,(H,21,27)(H,22,28)(H,23,29)(H,25,30). The summed E-state index contributed by atoms with van der Waals surface area (Å²) in [7, 11) is 0. The summed E-state index contributed by atoms with van der Waals surface area (Å²) in [4.78, 5) is 34.4. The van der Waals surface area contributed by atoms with Crippen LogP contribution in [0, 0.1) is 4.77 Å². The maximum Gasteiger partial charge on any atom is 0.225 e. The van der Waals surface area contributed by atoms with Crippen molar-refractivity contribution in [2.75, 3.05) is 16.1 Å². The van der Waals surface area contributed by atoms with Crippen molar-refractivity contribution in [1.82, 2.24) is 20.2 Å². The maximum atomic E-state index is 12.1. The second kappa shape index (κ2) is 9.98. The Balaban J connectivity index is 1.45. The van der Waals surface area contributed by atoms with Crippen LogP contribution < -0.4 is 21.5 Å². The number of hydrazine groups is 1. The Labute approximate surface area is 176 Å². The number of nitrogens with zero attached hydrogens (tertiary/aromatic N) is 2. The first-order chi connectivity index (χ1) is 14.5. The van der Waals surface area contributed by atoms with Gasteiger partial charge in [-0.3, -0.25) is 34.9 Å². The van der Waals surface area contributed by atoms with Gasteiger partial charge in [0.25, 0.3) is 0 Å². The molecule has 2 aromatic carbocycles. The molecule has 11 heteroatoms. The zero-order valence-electron chi connectivity index (χ0n) is 15.7. The van der Waals surface area contributed by atoms with E-state index < -0.39 is 0 Å². The summed E-state index contributed by atoms with van der Waals surface area (Å²) in [6.45, 7) is 0. The molecule has 1 heterocycles. The molecule has 10 nitrogen and oxygen atoms in total. The Hall–Kier alpha value is -3.99. The van der Waals surface area contributed by atoms with Crippen LogP contribution in [-0.4, -0.2) is 33.0 Å². The minimum atomic E-state index is -0.276. The summed E-state index contributed by atoms with van der Waals surface area (Å²) in [5.74, 6) is -0.543. The number of aromatic nitrogens is 3. The highest BCUT2D eigenvalue weighted by Gasteiger charge is 2.08. The molecular weight excluding hydrogens is 406 g/mol. The van der Waals surface area contributed by atoms with E-state index in [2.05, 4.69) is 31.7 Å². The molecule has 0 atom stereocenters. The molecule has 0 fully saturated rings. The van der Waals surface area contributed by atoms with Gasteiger partial charge in [-0.1, -0.05) is 0 Å². The van der Waals surface area contributed by atoms with Gasteiger partial charge in [-0.25, -0.2) is 0 Å². The van der Waals surface area contributed by atoms with Crippen LogP contribution in [0.25, 0.3) is 5.69 Å². The molecule has 3 aromatic rings. The third-order valence-electron chi connectivity index (χ3n) is 4.00. The molecule has 0 bridgehead atoms. The number of amides is 3. The van der Waals surface area contributed by atoms with Crippen molar-refractivity contribution in [1.29, 1.82) is 0 Å². The number of H-pyrrole nitrogens is 1. The van der Waals surface area contributed by atoms with Gasteiger partial charge in [-0.15, -0.1) is 0 Å². The van der Waals surface area contributed by atoms with E-state index in [1.165, 1.54) is 0 Å². The average Bonchev–Trinajstić information content (AvgIpc) is 3.18. The molecule has 0 radical (unpaired) electrons. The fraction of sp³-hybridized carbons (Fsp3) is 0.105. The maximum absolute atomic E-state index is 12.1. The molecule has 3 amide bonds. The largest absolute Gasteiger partial charge is 0.326 e. The lowest BCUT2D eigenvalue weighted by atomic mass is 10.2. The Morgan fingerprint density at radius 1 is 0.933 bits per heavy atom. The molecule has 0 spiro atoms. The van der Waals surface area contributed by atoms with Crippen LogP contribution in [0.15, 0.2) is 54.9 Å². The SMILES string of the molecule is O=CNNc1ccc(NC(=O)CCC(=O)Nc2ccc(-n3cn[nH]c3=S)cc2)cc1. The van der Waals surface area contributed by atoms with Gasteiger partial charge in [0, 0.05) is 29.9 Å². The predicted octanol–water partition coefficient (Wildman–Crippen LogP) is 2.36. The molecule has 0 saturated heterocycles. The monoisotopic (exact) mass is 425 g/mol. The minimum Gasteiger partial charge on any atom is -0.326 e. The van der Waals surface area contributed by atoms with Crippen molar-refractivity contribution in [2.24, 2.45) is 0 Å². The van der Waals surface area contributed by atoms with Crippen molar-refractivity contribution in [3.63, 3.8) is 0 Å². The van der Waals surface area contributed by atoms with E-state index >= 15 is 0 Å². The van der Waals surface area contributed by atoms with E-state index in [0.29, 0.717) is 28.2 Å². The highest BCUT2D eigenvalue weighted by molar-refractivity contribution is 7.71. The molecule has 5 N–H and O–H groups in total. The second-order valence-electron chi connectivity index (χ2n) is 6.14. The Kier molecular flexibility index (Phi) is 6.90. The fourth-order valence-electron chi connectivity index (χ4n) is 2.56. The highest BCUT2D eigenvalue weighted by atomic mass is 32.1. The van der Waals surface area contributed by atoms with Gasteiger partial charge in [-0.05, 0) is 60.7 Å². The predicted molar refractivity (Wildman–Crippen MR) is 115 cm³/mol. The van der Waals surface area contributed by atoms with Crippen molar-refractivity contribution in [2.45, 2.75) is 12.8 Å². The van der Waals surface area contributed by atoms with E-state index in [9.17, 15) is 14.4 Å². The molecule has 3 rings (SSSR count). The van der Waals surface area contributed by atoms with Crippen molar-refractivity contribution < 1.29 is 14.4 Å². The quantitative estimate of drug-likeness (QED) is 0.203. The number of carbonyl (C=O) groups excluding carboxylic acids is 3. The van der Waals surface area contributed by atoms with Crippen molar-refractivity contribution >= 4 is 47.5 Å². The number of carbonyl (C=O) groups is 3. The van der Waals surface area contributed by atoms with Crippen LogP contribution in [0.4, 0.5) is 17.1 Å². The summed E-state index contributed by atoms with van der Waals surface area (Å²) in [6.07, 6.45) is 2.18. The molecule has 1 aromatic heterocycles. The number of aromatic amines is 1. The molecule has 0 aliphatic carbocycles. The van der Waals surface area contributed by atoms with Crippen LogP contribution in [-0.2, 0) is 14.4 Å². The van der Waals surface area contributed by atoms with Crippen molar-refractivity contribution in [3.05, 3.63) is 59.6 Å². The molecule has 0 saturated carbocycles. The molecule has 30 heavy (non-hydrogen) atoms. The van der Waals surface area contributed by atoms with Gasteiger partial charge < -0.3 is 10.6 Å². The Morgan fingerprint density at radius 2 is 1.47 bits per heavy atom. The normalized spacial score (nSPS) is 10.1. The van der Waals surface area contributed by atoms with Gasteiger partial charge in [0.2, 0.25) is 18.2 Å². The van der Waals surface area contributed by atoms with Crippen molar-refractivity contribution in [3.8, 4) is 5.69 Å². The Morgan fingerprint density at radius 3 is 1.97 bits per heavy atom. The minimum absolute atomic E-state index is 0.0425. The third-order valence-corrected chi connectivity index (χ3v) is 4.29. The van der Waals surface area contributed by atoms with E-state index in [-0.39, 0.29) is 24.7 Å². The molecule has 0 unspecified atom stereocenters. The number of hydrogen-bond acceptors (Lipinski definition) is 6. The lowest BCUT2D eigenvalue weighted by Crippen LogP contribution is -2.19. The fourth-order valence-corrected chi connectivity index (χ4v) is 2.77. The topological polar surface area (TPSA) is 133 Å². The van der Waals surface area contributed by atoms with Gasteiger partial charge >= 0.3 is 0 Å². The zero-order chi connectivity index (χ0) is 21.3. The van der Waals surface area contributed by atoms with Crippen LogP contribution in [0.2, 0.25) is 0 Å². The first-order valence-electron chi connectivity index (χ1n) is 8.92. The number of nitrogens with one attached hydrogen (secondary N) is 5. The van der Waals surface area contributed by atoms with Gasteiger partial charge in [0.05, 0.1) is 5.69 Å². The number of anilines is 3. The summed E-state index contributed by atoms with van der Waals surface area (Å²) < 4.78 is 2.17. The van der Waals surface area contributed by atoms with Gasteiger partial charge in [0.1, 0.15) is 6.33 Å². The summed E-state index contributed by atoms with van der Waals surface area (Å²) >= 11 is 5.12. The van der Waals surface area contributed by atoms with E-state index in [4.69, 9.17) is 12.2 Å². The van der Waals surface area contributed by atoms with Gasteiger partial charge in [-0.2, -0.15) is 5.10 Å². The van der Waals surface area contributed by atoms with Crippen LogP contribution in [0.3, 0.4) is 0 Å². The zero-order valence-corrected chi connectivity index (χ0v) is 16.5. The number of benzene rings is 2. The molecule has 0 aliphatic heterocycles. The van der Waals surface area contributed by atoms with E-state index in [1.54, 1.807) is 59.4 Å². The molecule has 154 valence electrons. The first kappa shape index (κ1) is 20.7. The van der Waals surface area contributed by atoms with E-state index in [0.717, 1.165) is 5.69 Å². The number of hydrogen-bond donors (Lipinski definition) is 5.